The monoisotopic (exact) mass is 120 g/mol. The first-order chi connectivity index (χ1) is 2.41. The first kappa shape index (κ1) is 8.83. The summed E-state index contributed by atoms with van der Waals surface area (Å²) in [6.45, 7) is 0. The van der Waals surface area contributed by atoms with Crippen molar-refractivity contribution in [2.75, 3.05) is 0 Å². The summed E-state index contributed by atoms with van der Waals surface area (Å²) in [6, 6.07) is 0. The maximum absolute atomic E-state index is 8.00. The molecule has 0 saturated carbocycles. The maximum atomic E-state index is 8.00. The van der Waals surface area contributed by atoms with Crippen molar-refractivity contribution in [2.24, 2.45) is 5.34 Å². The molecule has 4 nitrogen and oxygen atoms in total. The van der Waals surface area contributed by atoms with Crippen molar-refractivity contribution in [3.63, 3.8) is 0 Å². The average Bonchev–Trinajstić information content (AvgIpc) is 1.46. The van der Waals surface area contributed by atoms with Gasteiger partial charge < -0.3 is 10.1 Å². The predicted molar refractivity (Wildman–Crippen MR) is 9.85 cm³/mol. The van der Waals surface area contributed by atoms with Gasteiger partial charge in [-0.05, 0) is 0 Å². The van der Waals surface area contributed by atoms with Gasteiger partial charge in [-0.1, -0.05) is 0 Å². The molecule has 0 aromatic rings. The summed E-state index contributed by atoms with van der Waals surface area (Å²) in [7, 11) is 0. The summed E-state index contributed by atoms with van der Waals surface area (Å²) < 4.78 is 7.88. The molecule has 0 amide bonds. The minimum atomic E-state index is 1.00. The first-order valence-corrected chi connectivity index (χ1v) is 0.897. The van der Waals surface area contributed by atoms with Crippen LogP contribution < -0.4 is 0 Å². The van der Waals surface area contributed by atoms with E-state index in [0.29, 0.717) is 0 Å². The Labute approximate surface area is 35.7 Å². The number of hydrogen-bond acceptors (Lipinski definition) is 4. The zero-order chi connectivity index (χ0) is 4.71. The van der Waals surface area contributed by atoms with Crippen LogP contribution in [-0.2, 0) is 19.3 Å². The van der Waals surface area contributed by atoms with E-state index in [1.54, 1.807) is 0 Å². The number of rotatable bonds is 0. The van der Waals surface area contributed by atoms with Gasteiger partial charge in [0.15, 0.2) is 0 Å². The zero-order valence-electron chi connectivity index (χ0n) is 1.99. The normalized spacial score (nSPS) is 3.60. The fraction of sp³-hybridized carbons (Fsp3) is 0. The fourth-order valence-corrected chi connectivity index (χ4v) is 0. The molecule has 0 aromatic carbocycles. The third kappa shape index (κ3) is 113. The molecular weight excluding hydrogens is 121 g/mol. The molecule has 5 heavy (non-hydrogen) atoms. The first-order valence-electron chi connectivity index (χ1n) is 0.494. The van der Waals surface area contributed by atoms with E-state index in [2.05, 4.69) is 15.4 Å². The molecule has 0 rings (SSSR count). The second-order valence-corrected chi connectivity index (χ2v) is 0.0745. The molecule has 0 N–H and O–H groups in total. The Morgan fingerprint density at radius 3 is 1.60 bits per heavy atom. The van der Waals surface area contributed by atoms with Crippen molar-refractivity contribution >= 4 is 0 Å². The van der Waals surface area contributed by atoms with E-state index in [9.17, 15) is 0 Å². The molecule has 0 radical (unpaired) electrons. The van der Waals surface area contributed by atoms with E-state index in [1.165, 1.54) is 0 Å². The summed E-state index contributed by atoms with van der Waals surface area (Å²) in [6.07, 6.45) is 0. The Hall–Kier alpha value is -0.306. The van der Waals surface area contributed by atoms with Crippen LogP contribution in [0.15, 0.2) is 5.34 Å². The third-order valence-electron chi connectivity index (χ3n) is 0. The van der Waals surface area contributed by atoms with Crippen molar-refractivity contribution in [1.82, 2.24) is 0 Å². The molecule has 0 atom stereocenters. The molecule has 0 aliphatic heterocycles. The summed E-state index contributed by atoms with van der Waals surface area (Å²) in [5, 5.41) is 9.00. The second-order valence-electron chi connectivity index (χ2n) is 0.0745. The Morgan fingerprint density at radius 2 is 1.60 bits per heavy atom. The molecule has 34 valence electrons. The van der Waals surface area contributed by atoms with Crippen molar-refractivity contribution in [3.05, 3.63) is 10.1 Å². The predicted octanol–water partition coefficient (Wildman–Crippen LogP) is 0.129. The molecule has 0 saturated heterocycles. The van der Waals surface area contributed by atoms with Crippen molar-refractivity contribution in [1.29, 1.82) is 0 Å². The summed E-state index contributed by atoms with van der Waals surface area (Å²) in [4.78, 5) is 8.00. The quantitative estimate of drug-likeness (QED) is 0.259. The molecule has 0 aliphatic rings. The summed E-state index contributed by atoms with van der Waals surface area (Å²) in [5.74, 6) is 0. The van der Waals surface area contributed by atoms with Crippen LogP contribution in [0.25, 0.3) is 0 Å². The Bertz CT molecular complexity index is 20.9. The SMILES string of the molecule is O=N[O-].[O]=[Ni]. The van der Waals surface area contributed by atoms with Crippen LogP contribution in [0.4, 0.5) is 0 Å². The van der Waals surface area contributed by atoms with E-state index in [1.807, 2.05) is 0 Å². The average molecular weight is 121 g/mol. The number of nitrogens with zero attached hydrogens (tertiary/aromatic N) is 1. The van der Waals surface area contributed by atoms with Crippen molar-refractivity contribution in [3.8, 4) is 0 Å². The van der Waals surface area contributed by atoms with Gasteiger partial charge in [-0.25, -0.2) is 0 Å². The Morgan fingerprint density at radius 1 is 1.60 bits per heavy atom. The third-order valence-corrected chi connectivity index (χ3v) is 0. The summed E-state index contributed by atoms with van der Waals surface area (Å²) >= 11 is 2.62. The van der Waals surface area contributed by atoms with Gasteiger partial charge in [-0.15, -0.1) is 5.34 Å². The molecule has 5 heteroatoms. The Kier molecular flexibility index (Phi) is 98.3. The molecule has 0 aliphatic carbocycles. The van der Waals surface area contributed by atoms with Crippen molar-refractivity contribution < 1.29 is 19.3 Å². The van der Waals surface area contributed by atoms with Crippen LogP contribution in [0.1, 0.15) is 0 Å². The number of hydrogen-bond donors (Lipinski definition) is 0. The molecule has 0 heterocycles. The summed E-state index contributed by atoms with van der Waals surface area (Å²) in [5.41, 5.74) is 0. The van der Waals surface area contributed by atoms with Gasteiger partial charge in [0.05, 0.1) is 0 Å². The standard InChI is InChI=1S/HNO2.Ni.O/c2-1-3;;/h(H,2,3);;/p-1. The molecule has 0 fully saturated rings. The topological polar surface area (TPSA) is 69.6 Å². The van der Waals surface area contributed by atoms with Crippen LogP contribution in [0.5, 0.6) is 0 Å². The van der Waals surface area contributed by atoms with Crippen molar-refractivity contribution in [2.45, 2.75) is 0 Å². The van der Waals surface area contributed by atoms with Crippen LogP contribution in [-0.4, -0.2) is 0 Å². The van der Waals surface area contributed by atoms with Crippen LogP contribution in [0.3, 0.4) is 0 Å². The minimum absolute atomic E-state index is 1.00. The molecular formula is NNiO3-. The molecule has 0 spiro atoms. The van der Waals surface area contributed by atoms with Gasteiger partial charge in [0.2, 0.25) is 0 Å². The Balaban J connectivity index is 0. The second kappa shape index (κ2) is 55.7. The van der Waals surface area contributed by atoms with Gasteiger partial charge in [-0.2, -0.15) is 0 Å². The van der Waals surface area contributed by atoms with Crippen LogP contribution in [0.2, 0.25) is 0 Å². The molecule has 0 bridgehead atoms. The molecule has 0 aromatic heterocycles. The molecule has 0 unspecified atom stereocenters. The van der Waals surface area contributed by atoms with Gasteiger partial charge in [0.1, 0.15) is 0 Å². The van der Waals surface area contributed by atoms with Crippen LogP contribution in [0, 0.1) is 10.1 Å². The van der Waals surface area contributed by atoms with E-state index >= 15 is 0 Å². The van der Waals surface area contributed by atoms with Crippen LogP contribution >= 0.6 is 0 Å². The van der Waals surface area contributed by atoms with Gasteiger partial charge >= 0.3 is 19.3 Å². The van der Waals surface area contributed by atoms with Gasteiger partial charge in [-0.3, -0.25) is 0 Å². The van der Waals surface area contributed by atoms with E-state index in [0.717, 1.165) is 5.34 Å². The van der Waals surface area contributed by atoms with E-state index in [-0.39, 0.29) is 0 Å². The van der Waals surface area contributed by atoms with Gasteiger partial charge in [0, 0.05) is 0 Å². The zero-order valence-corrected chi connectivity index (χ0v) is 2.98. The van der Waals surface area contributed by atoms with E-state index < -0.39 is 0 Å². The fourth-order valence-electron chi connectivity index (χ4n) is 0. The van der Waals surface area contributed by atoms with E-state index in [4.69, 9.17) is 14.0 Å². The van der Waals surface area contributed by atoms with Gasteiger partial charge in [0.25, 0.3) is 0 Å².